The number of imide groups is 1. The summed E-state index contributed by atoms with van der Waals surface area (Å²) in [5.41, 5.74) is 13.6. The molecule has 0 spiro atoms. The average molecular weight is 381 g/mol. The number of amides is 2. The van der Waals surface area contributed by atoms with Gasteiger partial charge in [0, 0.05) is 0 Å². The molecule has 0 radical (unpaired) electrons. The lowest BCUT2D eigenvalue weighted by atomic mass is 10.1. The Morgan fingerprint density at radius 2 is 1.46 bits per heavy atom. The fourth-order valence-corrected chi connectivity index (χ4v) is 3.14. The number of ether oxygens (including phenoxy) is 1. The Balaban J connectivity index is 1.45. The van der Waals surface area contributed by atoms with E-state index in [2.05, 4.69) is 0 Å². The maximum absolute atomic E-state index is 12.4. The molecule has 2 amide bonds. The van der Waals surface area contributed by atoms with Crippen LogP contribution >= 0.6 is 0 Å². The Hall–Kier alpha value is -3.03. The number of esters is 1. The van der Waals surface area contributed by atoms with Crippen molar-refractivity contribution in [2.24, 2.45) is 11.5 Å². The molecule has 0 bridgehead atoms. The molecule has 0 fully saturated rings. The highest BCUT2D eigenvalue weighted by Gasteiger charge is 2.38. The average Bonchev–Trinajstić information content (AvgIpc) is 2.97. The SMILES string of the molecule is NC(CCC[C@H](N)C(=O)OCc1ccccc1)N1C(=O)c2ccccc2C1=O. The van der Waals surface area contributed by atoms with Gasteiger partial charge in [-0.3, -0.25) is 19.3 Å². The highest BCUT2D eigenvalue weighted by molar-refractivity contribution is 6.21. The van der Waals surface area contributed by atoms with Gasteiger partial charge in [0.1, 0.15) is 12.6 Å². The zero-order valence-electron chi connectivity index (χ0n) is 15.4. The van der Waals surface area contributed by atoms with E-state index in [1.165, 1.54) is 0 Å². The van der Waals surface area contributed by atoms with Crippen LogP contribution in [0.15, 0.2) is 54.6 Å². The standard InChI is InChI=1S/C21H23N3O4/c22-17(21(27)28-13-14-7-2-1-3-8-14)11-6-12-18(23)24-19(25)15-9-4-5-10-16(15)20(24)26/h1-5,7-10,17-18H,6,11-13,22-23H2/t17-,18?/m0/s1. The van der Waals surface area contributed by atoms with Gasteiger partial charge in [-0.2, -0.15) is 0 Å². The van der Waals surface area contributed by atoms with Crippen LogP contribution in [0.3, 0.4) is 0 Å². The first-order chi connectivity index (χ1) is 13.5. The third kappa shape index (κ3) is 4.27. The van der Waals surface area contributed by atoms with E-state index in [4.69, 9.17) is 16.2 Å². The third-order valence-electron chi connectivity index (χ3n) is 4.70. The molecular formula is C21H23N3O4. The van der Waals surface area contributed by atoms with Crippen LogP contribution in [0.5, 0.6) is 0 Å². The molecule has 1 aliphatic rings. The van der Waals surface area contributed by atoms with Crippen LogP contribution in [-0.4, -0.2) is 34.9 Å². The van der Waals surface area contributed by atoms with E-state index >= 15 is 0 Å². The second-order valence-corrected chi connectivity index (χ2v) is 6.72. The van der Waals surface area contributed by atoms with Crippen molar-refractivity contribution in [1.82, 2.24) is 4.90 Å². The molecule has 7 nitrogen and oxygen atoms in total. The van der Waals surface area contributed by atoms with Crippen LogP contribution in [0.1, 0.15) is 45.5 Å². The van der Waals surface area contributed by atoms with E-state index in [0.29, 0.717) is 30.4 Å². The Kier molecular flexibility index (Phi) is 6.18. The first-order valence-electron chi connectivity index (χ1n) is 9.17. The van der Waals surface area contributed by atoms with Crippen molar-refractivity contribution in [1.29, 1.82) is 0 Å². The van der Waals surface area contributed by atoms with Crippen LogP contribution in [0.4, 0.5) is 0 Å². The molecule has 4 N–H and O–H groups in total. The smallest absolute Gasteiger partial charge is 0.323 e. The highest BCUT2D eigenvalue weighted by Crippen LogP contribution is 2.24. The lowest BCUT2D eigenvalue weighted by molar-refractivity contribution is -0.146. The second-order valence-electron chi connectivity index (χ2n) is 6.72. The zero-order chi connectivity index (χ0) is 20.1. The fraction of sp³-hybridized carbons (Fsp3) is 0.286. The van der Waals surface area contributed by atoms with E-state index in [1.54, 1.807) is 24.3 Å². The second kappa shape index (κ2) is 8.77. The summed E-state index contributed by atoms with van der Waals surface area (Å²) in [6.45, 7) is 0.169. The zero-order valence-corrected chi connectivity index (χ0v) is 15.4. The first kappa shape index (κ1) is 19.7. The maximum atomic E-state index is 12.4. The van der Waals surface area contributed by atoms with Crippen molar-refractivity contribution in [3.05, 3.63) is 71.3 Å². The Labute approximate surface area is 163 Å². The molecule has 2 aromatic rings. The summed E-state index contributed by atoms with van der Waals surface area (Å²) in [6.07, 6.45) is 0.422. The number of nitrogens with two attached hydrogens (primary N) is 2. The van der Waals surface area contributed by atoms with Crippen LogP contribution in [0.2, 0.25) is 0 Å². The minimum atomic E-state index is -0.780. The quantitative estimate of drug-likeness (QED) is 0.532. The number of nitrogens with zero attached hydrogens (tertiary/aromatic N) is 1. The lowest BCUT2D eigenvalue weighted by Gasteiger charge is -2.22. The van der Waals surface area contributed by atoms with Crippen molar-refractivity contribution in [3.8, 4) is 0 Å². The molecule has 2 aromatic carbocycles. The number of carbonyl (C=O) groups is 3. The predicted molar refractivity (Wildman–Crippen MR) is 103 cm³/mol. The molecule has 146 valence electrons. The first-order valence-corrected chi connectivity index (χ1v) is 9.17. The van der Waals surface area contributed by atoms with Crippen LogP contribution in [-0.2, 0) is 16.1 Å². The molecule has 7 heteroatoms. The van der Waals surface area contributed by atoms with Crippen LogP contribution < -0.4 is 11.5 Å². The van der Waals surface area contributed by atoms with E-state index in [-0.39, 0.29) is 18.4 Å². The van der Waals surface area contributed by atoms with Gasteiger partial charge >= 0.3 is 5.97 Å². The van der Waals surface area contributed by atoms with Gasteiger partial charge in [0.25, 0.3) is 11.8 Å². The van der Waals surface area contributed by atoms with Gasteiger partial charge in [0.2, 0.25) is 0 Å². The fourth-order valence-electron chi connectivity index (χ4n) is 3.14. The minimum Gasteiger partial charge on any atom is -0.460 e. The summed E-state index contributed by atoms with van der Waals surface area (Å²) in [5.74, 6) is -1.27. The normalized spacial score (nSPS) is 15.3. The van der Waals surface area contributed by atoms with Gasteiger partial charge in [-0.05, 0) is 37.0 Å². The largest absolute Gasteiger partial charge is 0.460 e. The molecule has 0 saturated carbocycles. The number of benzene rings is 2. The van der Waals surface area contributed by atoms with E-state index < -0.39 is 18.2 Å². The summed E-state index contributed by atoms with van der Waals surface area (Å²) in [4.78, 5) is 37.9. The van der Waals surface area contributed by atoms with E-state index in [9.17, 15) is 14.4 Å². The predicted octanol–water partition coefficient (Wildman–Crippen LogP) is 1.81. The van der Waals surface area contributed by atoms with Gasteiger partial charge in [-0.1, -0.05) is 42.5 Å². The molecule has 2 atom stereocenters. The van der Waals surface area contributed by atoms with Gasteiger partial charge in [-0.15, -0.1) is 0 Å². The van der Waals surface area contributed by atoms with Crippen molar-refractivity contribution in [3.63, 3.8) is 0 Å². The topological polar surface area (TPSA) is 116 Å². The van der Waals surface area contributed by atoms with Gasteiger partial charge in [-0.25, -0.2) is 0 Å². The third-order valence-corrected chi connectivity index (χ3v) is 4.70. The molecule has 0 aromatic heterocycles. The molecular weight excluding hydrogens is 358 g/mol. The number of carbonyl (C=O) groups excluding carboxylic acids is 3. The van der Waals surface area contributed by atoms with Crippen LogP contribution in [0, 0.1) is 0 Å². The maximum Gasteiger partial charge on any atom is 0.323 e. The summed E-state index contributed by atoms with van der Waals surface area (Å²) >= 11 is 0. The molecule has 0 saturated heterocycles. The molecule has 3 rings (SSSR count). The number of rotatable bonds is 8. The van der Waals surface area contributed by atoms with Crippen LogP contribution in [0.25, 0.3) is 0 Å². The summed E-state index contributed by atoms with van der Waals surface area (Å²) in [6, 6.07) is 15.2. The number of hydrogen-bond donors (Lipinski definition) is 2. The van der Waals surface area contributed by atoms with E-state index in [0.717, 1.165) is 10.5 Å². The number of fused-ring (bicyclic) bond motifs is 1. The molecule has 1 unspecified atom stereocenters. The monoisotopic (exact) mass is 381 g/mol. The van der Waals surface area contributed by atoms with Gasteiger partial charge in [0.05, 0.1) is 17.3 Å². The summed E-state index contributed by atoms with van der Waals surface area (Å²) in [5, 5.41) is 0. The molecule has 1 heterocycles. The Morgan fingerprint density at radius 3 is 2.07 bits per heavy atom. The number of hydrogen-bond acceptors (Lipinski definition) is 6. The van der Waals surface area contributed by atoms with Crippen molar-refractivity contribution in [2.45, 2.75) is 38.1 Å². The summed E-state index contributed by atoms with van der Waals surface area (Å²) in [7, 11) is 0. The van der Waals surface area contributed by atoms with Crippen molar-refractivity contribution < 1.29 is 19.1 Å². The van der Waals surface area contributed by atoms with Crippen molar-refractivity contribution in [2.75, 3.05) is 0 Å². The lowest BCUT2D eigenvalue weighted by Crippen LogP contribution is -2.45. The molecule has 28 heavy (non-hydrogen) atoms. The highest BCUT2D eigenvalue weighted by atomic mass is 16.5. The minimum absolute atomic E-state index is 0.169. The Bertz CT molecular complexity index is 834. The molecule has 0 aliphatic carbocycles. The van der Waals surface area contributed by atoms with E-state index in [1.807, 2.05) is 30.3 Å². The van der Waals surface area contributed by atoms with Gasteiger partial charge < -0.3 is 16.2 Å². The Morgan fingerprint density at radius 1 is 0.893 bits per heavy atom. The molecule has 1 aliphatic heterocycles. The summed E-state index contributed by atoms with van der Waals surface area (Å²) < 4.78 is 5.21. The van der Waals surface area contributed by atoms with Gasteiger partial charge in [0.15, 0.2) is 0 Å². The van der Waals surface area contributed by atoms with Crippen molar-refractivity contribution >= 4 is 17.8 Å².